The Morgan fingerprint density at radius 3 is 2.29 bits per heavy atom. The van der Waals surface area contributed by atoms with E-state index in [2.05, 4.69) is 4.98 Å². The van der Waals surface area contributed by atoms with Crippen LogP contribution < -0.4 is 4.74 Å². The normalized spacial score (nSPS) is 10.6. The zero-order chi connectivity index (χ0) is 23.8. The van der Waals surface area contributed by atoms with Crippen molar-refractivity contribution in [3.05, 3.63) is 131 Å². The van der Waals surface area contributed by atoms with E-state index in [4.69, 9.17) is 4.74 Å². The van der Waals surface area contributed by atoms with Crippen LogP contribution in [-0.4, -0.2) is 22.4 Å². The van der Waals surface area contributed by atoms with Gasteiger partial charge in [0.05, 0.1) is 6.61 Å². The van der Waals surface area contributed by atoms with Gasteiger partial charge in [0, 0.05) is 37.5 Å². The summed E-state index contributed by atoms with van der Waals surface area (Å²) < 4.78 is 19.0. The van der Waals surface area contributed by atoms with Crippen molar-refractivity contribution in [1.82, 2.24) is 9.88 Å². The van der Waals surface area contributed by atoms with Crippen LogP contribution in [0.2, 0.25) is 0 Å². The summed E-state index contributed by atoms with van der Waals surface area (Å²) in [5.74, 6) is 0.472. The molecule has 4 aromatic rings. The smallest absolute Gasteiger partial charge is 0.254 e. The van der Waals surface area contributed by atoms with E-state index >= 15 is 0 Å². The Morgan fingerprint density at radius 1 is 0.853 bits per heavy atom. The number of amides is 1. The van der Waals surface area contributed by atoms with Gasteiger partial charge in [-0.25, -0.2) is 4.39 Å². The Bertz CT molecular complexity index is 1210. The second kappa shape index (κ2) is 11.2. The summed E-state index contributed by atoms with van der Waals surface area (Å²) in [6.45, 7) is 3.41. The number of hydrogen-bond acceptors (Lipinski definition) is 3. The summed E-state index contributed by atoms with van der Waals surface area (Å²) in [5, 5.41) is 0. The average Bonchev–Trinajstić information content (AvgIpc) is 2.86. The van der Waals surface area contributed by atoms with Crippen LogP contribution in [0.1, 0.15) is 32.6 Å². The van der Waals surface area contributed by atoms with E-state index in [1.165, 1.54) is 12.1 Å². The Morgan fingerprint density at radius 2 is 1.56 bits per heavy atom. The number of benzene rings is 3. The van der Waals surface area contributed by atoms with Crippen molar-refractivity contribution >= 4 is 5.91 Å². The van der Waals surface area contributed by atoms with Crippen LogP contribution in [-0.2, 0) is 19.5 Å². The molecule has 0 atom stereocenters. The third-order valence-corrected chi connectivity index (χ3v) is 5.55. The molecule has 172 valence electrons. The van der Waals surface area contributed by atoms with Gasteiger partial charge in [0.1, 0.15) is 11.6 Å². The molecule has 1 aromatic heterocycles. The third-order valence-electron chi connectivity index (χ3n) is 5.55. The molecule has 0 aliphatic heterocycles. The number of pyridine rings is 1. The van der Waals surface area contributed by atoms with E-state index in [0.717, 1.165) is 28.0 Å². The lowest BCUT2D eigenvalue weighted by Gasteiger charge is -2.23. The molecule has 0 aliphatic carbocycles. The van der Waals surface area contributed by atoms with Gasteiger partial charge in [-0.15, -0.1) is 0 Å². The number of nitrogens with zero attached hydrogens (tertiary/aromatic N) is 2. The molecule has 0 spiro atoms. The van der Waals surface area contributed by atoms with Crippen molar-refractivity contribution in [2.24, 2.45) is 0 Å². The first-order valence-electron chi connectivity index (χ1n) is 11.3. The van der Waals surface area contributed by atoms with Crippen LogP contribution in [0.3, 0.4) is 0 Å². The molecule has 0 saturated heterocycles. The molecular weight excluding hydrogens is 427 g/mol. The number of halogens is 1. The predicted molar refractivity (Wildman–Crippen MR) is 131 cm³/mol. The molecule has 0 unspecified atom stereocenters. The first kappa shape index (κ1) is 23.2. The average molecular weight is 455 g/mol. The fourth-order valence-corrected chi connectivity index (χ4v) is 3.68. The standard InChI is InChI=1S/C29H27FN2O2/c1-22-5-9-26(10-6-22)29(33)32(20-24-13-16-31-17-14-24)21-25-3-2-4-28(19-25)34-18-15-23-7-11-27(30)12-8-23/h2-14,16-17,19H,15,18,20-21H2,1H3. The lowest BCUT2D eigenvalue weighted by Crippen LogP contribution is -2.30. The number of hydrogen-bond donors (Lipinski definition) is 0. The van der Waals surface area contributed by atoms with Gasteiger partial charge in [0.25, 0.3) is 5.91 Å². The lowest BCUT2D eigenvalue weighted by atomic mass is 10.1. The quantitative estimate of drug-likeness (QED) is 0.312. The minimum Gasteiger partial charge on any atom is -0.493 e. The molecule has 5 heteroatoms. The molecule has 34 heavy (non-hydrogen) atoms. The van der Waals surface area contributed by atoms with Crippen LogP contribution in [0, 0.1) is 12.7 Å². The highest BCUT2D eigenvalue weighted by atomic mass is 19.1. The third kappa shape index (κ3) is 6.51. The van der Waals surface area contributed by atoms with Crippen LogP contribution in [0.15, 0.2) is 97.3 Å². The van der Waals surface area contributed by atoms with Crippen molar-refractivity contribution in [3.8, 4) is 5.75 Å². The second-order valence-electron chi connectivity index (χ2n) is 8.26. The highest BCUT2D eigenvalue weighted by Crippen LogP contribution is 2.19. The molecule has 1 amide bonds. The minimum absolute atomic E-state index is 0.0283. The van der Waals surface area contributed by atoms with Crippen molar-refractivity contribution < 1.29 is 13.9 Å². The maximum Gasteiger partial charge on any atom is 0.254 e. The fourth-order valence-electron chi connectivity index (χ4n) is 3.68. The van der Waals surface area contributed by atoms with Crippen LogP contribution >= 0.6 is 0 Å². The lowest BCUT2D eigenvalue weighted by molar-refractivity contribution is 0.0730. The Kier molecular flexibility index (Phi) is 7.66. The number of aryl methyl sites for hydroxylation is 1. The topological polar surface area (TPSA) is 42.4 Å². The van der Waals surface area contributed by atoms with Crippen molar-refractivity contribution in [1.29, 1.82) is 0 Å². The van der Waals surface area contributed by atoms with E-state index in [1.54, 1.807) is 24.5 Å². The molecule has 0 saturated carbocycles. The molecule has 0 bridgehead atoms. The number of carbonyl (C=O) groups excluding carboxylic acids is 1. The number of ether oxygens (including phenoxy) is 1. The van der Waals surface area contributed by atoms with Gasteiger partial charge in [-0.2, -0.15) is 0 Å². The van der Waals surface area contributed by atoms with E-state index < -0.39 is 0 Å². The monoisotopic (exact) mass is 454 g/mol. The van der Waals surface area contributed by atoms with Gasteiger partial charge in [-0.05, 0) is 72.1 Å². The second-order valence-corrected chi connectivity index (χ2v) is 8.26. The first-order valence-corrected chi connectivity index (χ1v) is 11.3. The van der Waals surface area contributed by atoms with Crippen LogP contribution in [0.4, 0.5) is 4.39 Å². The van der Waals surface area contributed by atoms with Crippen LogP contribution in [0.5, 0.6) is 5.75 Å². The molecular formula is C29H27FN2O2. The zero-order valence-electron chi connectivity index (χ0n) is 19.2. The molecule has 0 radical (unpaired) electrons. The van der Waals surface area contributed by atoms with Gasteiger partial charge in [0.2, 0.25) is 0 Å². The fraction of sp³-hybridized carbons (Fsp3) is 0.172. The Labute approximate surface area is 199 Å². The first-order chi connectivity index (χ1) is 16.6. The largest absolute Gasteiger partial charge is 0.493 e. The molecule has 0 fully saturated rings. The molecule has 1 heterocycles. The van der Waals surface area contributed by atoms with Crippen LogP contribution in [0.25, 0.3) is 0 Å². The van der Waals surface area contributed by atoms with Gasteiger partial charge in [-0.1, -0.05) is 42.0 Å². The summed E-state index contributed by atoms with van der Waals surface area (Å²) in [6.07, 6.45) is 4.16. The summed E-state index contributed by atoms with van der Waals surface area (Å²) >= 11 is 0. The molecule has 0 N–H and O–H groups in total. The maximum atomic E-state index is 13.4. The Hall–Kier alpha value is -3.99. The number of carbonyl (C=O) groups is 1. The minimum atomic E-state index is -0.242. The summed E-state index contributed by atoms with van der Waals surface area (Å²) in [6, 6.07) is 25.7. The number of rotatable bonds is 9. The van der Waals surface area contributed by atoms with Gasteiger partial charge < -0.3 is 9.64 Å². The molecule has 4 nitrogen and oxygen atoms in total. The summed E-state index contributed by atoms with van der Waals surface area (Å²) in [5.41, 5.74) is 4.79. The van der Waals surface area contributed by atoms with E-state index in [1.807, 2.05) is 72.5 Å². The maximum absolute atomic E-state index is 13.4. The van der Waals surface area contributed by atoms with Crippen molar-refractivity contribution in [2.45, 2.75) is 26.4 Å². The van der Waals surface area contributed by atoms with Gasteiger partial charge in [-0.3, -0.25) is 9.78 Å². The van der Waals surface area contributed by atoms with Crippen molar-refractivity contribution in [2.75, 3.05) is 6.61 Å². The van der Waals surface area contributed by atoms with E-state index in [9.17, 15) is 9.18 Å². The predicted octanol–water partition coefficient (Wildman–Crippen LogP) is 5.99. The highest BCUT2D eigenvalue weighted by Gasteiger charge is 2.17. The molecule has 0 aliphatic rings. The van der Waals surface area contributed by atoms with E-state index in [0.29, 0.717) is 31.7 Å². The highest BCUT2D eigenvalue weighted by molar-refractivity contribution is 5.94. The van der Waals surface area contributed by atoms with Crippen molar-refractivity contribution in [3.63, 3.8) is 0 Å². The van der Waals surface area contributed by atoms with Gasteiger partial charge in [0.15, 0.2) is 0 Å². The molecule has 3 aromatic carbocycles. The summed E-state index contributed by atoms with van der Waals surface area (Å²) in [4.78, 5) is 19.3. The number of aromatic nitrogens is 1. The summed E-state index contributed by atoms with van der Waals surface area (Å²) in [7, 11) is 0. The molecule has 4 rings (SSSR count). The Balaban J connectivity index is 1.46. The van der Waals surface area contributed by atoms with Gasteiger partial charge >= 0.3 is 0 Å². The zero-order valence-corrected chi connectivity index (χ0v) is 19.2. The van der Waals surface area contributed by atoms with E-state index in [-0.39, 0.29) is 11.7 Å². The SMILES string of the molecule is Cc1ccc(C(=O)N(Cc2ccncc2)Cc2cccc(OCCc3ccc(F)cc3)c2)cc1.